The molecule has 0 bridgehead atoms. The number of pyridine rings is 1. The van der Waals surface area contributed by atoms with Gasteiger partial charge in [0.2, 0.25) is 0 Å². The summed E-state index contributed by atoms with van der Waals surface area (Å²) in [5.41, 5.74) is 2.10. The summed E-state index contributed by atoms with van der Waals surface area (Å²) in [6.45, 7) is 6.99. The van der Waals surface area contributed by atoms with Gasteiger partial charge in [-0.25, -0.2) is 19.7 Å². The number of carbonyl (C=O) groups is 1. The van der Waals surface area contributed by atoms with E-state index in [1.54, 1.807) is 24.7 Å². The quantitative estimate of drug-likeness (QED) is 0.590. The number of hydrogen-bond donors (Lipinski definition) is 0. The Morgan fingerprint density at radius 3 is 2.74 bits per heavy atom. The highest BCUT2D eigenvalue weighted by Crippen LogP contribution is 2.48. The second-order valence-electron chi connectivity index (χ2n) is 10.4. The number of ether oxygens (including phenoxy) is 1. The number of aromatic nitrogens is 4. The molecule has 174 valence electrons. The van der Waals surface area contributed by atoms with E-state index in [0.29, 0.717) is 30.4 Å². The molecule has 34 heavy (non-hydrogen) atoms. The molecule has 2 aliphatic carbocycles. The molecule has 1 saturated heterocycles. The largest absolute Gasteiger partial charge is 0.444 e. The summed E-state index contributed by atoms with van der Waals surface area (Å²) in [6, 6.07) is 6.06. The zero-order valence-electron chi connectivity index (χ0n) is 19.6. The van der Waals surface area contributed by atoms with E-state index in [-0.39, 0.29) is 18.2 Å². The van der Waals surface area contributed by atoms with Crippen LogP contribution in [0, 0.1) is 11.3 Å². The molecule has 0 N–H and O–H groups in total. The molecule has 6 rings (SSSR count). The van der Waals surface area contributed by atoms with Crippen LogP contribution in [-0.4, -0.2) is 61.3 Å². The molecule has 3 aromatic rings. The van der Waals surface area contributed by atoms with Crippen molar-refractivity contribution in [1.29, 1.82) is 5.26 Å². The minimum Gasteiger partial charge on any atom is -0.444 e. The first-order chi connectivity index (χ1) is 16.3. The van der Waals surface area contributed by atoms with Crippen molar-refractivity contribution in [1.82, 2.24) is 24.4 Å². The van der Waals surface area contributed by atoms with Crippen molar-refractivity contribution in [2.24, 2.45) is 0 Å². The van der Waals surface area contributed by atoms with Gasteiger partial charge in [-0.2, -0.15) is 5.26 Å². The molecule has 9 nitrogen and oxygen atoms in total. The summed E-state index contributed by atoms with van der Waals surface area (Å²) in [6.07, 6.45) is 8.36. The normalized spacial score (nSPS) is 21.8. The molecule has 3 aromatic heterocycles. The number of nitriles is 1. The predicted molar refractivity (Wildman–Crippen MR) is 126 cm³/mol. The molecular formula is C25H27N7O2. The fraction of sp³-hybridized carbons (Fsp3) is 0.480. The second-order valence-corrected chi connectivity index (χ2v) is 10.4. The lowest BCUT2D eigenvalue weighted by molar-refractivity contribution is 0.0218. The van der Waals surface area contributed by atoms with E-state index in [1.807, 2.05) is 30.2 Å². The standard InChI is InChI=1S/C25H27N7O2/c1-25(2,3)34-24(33)31-9-8-30(18-11-19(18)31)22-21-17(16-4-5-16)13-32(23(21)29-14-28-22)20-10-15(12-26)6-7-27-20/h6-7,10,13-14,16,18-19H,4-5,8-9,11H2,1-3H3/t18-,19+/m0/s1. The lowest BCUT2D eigenvalue weighted by atomic mass is 10.1. The van der Waals surface area contributed by atoms with Gasteiger partial charge in [0.05, 0.1) is 29.1 Å². The Bertz CT molecular complexity index is 1330. The van der Waals surface area contributed by atoms with Crippen LogP contribution >= 0.6 is 0 Å². The van der Waals surface area contributed by atoms with Gasteiger partial charge in [-0.3, -0.25) is 4.57 Å². The van der Waals surface area contributed by atoms with Gasteiger partial charge in [0.25, 0.3) is 0 Å². The molecule has 1 amide bonds. The van der Waals surface area contributed by atoms with E-state index in [0.717, 1.165) is 36.1 Å². The minimum atomic E-state index is -0.504. The Kier molecular flexibility index (Phi) is 4.56. The number of hydrogen-bond acceptors (Lipinski definition) is 7. The first-order valence-electron chi connectivity index (χ1n) is 11.8. The first kappa shape index (κ1) is 20.9. The van der Waals surface area contributed by atoms with Gasteiger partial charge < -0.3 is 14.5 Å². The maximum absolute atomic E-state index is 12.7. The summed E-state index contributed by atoms with van der Waals surface area (Å²) >= 11 is 0. The van der Waals surface area contributed by atoms with Gasteiger partial charge in [-0.05, 0) is 63.6 Å². The van der Waals surface area contributed by atoms with Gasteiger partial charge in [0, 0.05) is 25.5 Å². The van der Waals surface area contributed by atoms with Crippen molar-refractivity contribution >= 4 is 22.9 Å². The molecule has 1 aliphatic heterocycles. The van der Waals surface area contributed by atoms with Crippen molar-refractivity contribution in [3.05, 3.63) is 42.0 Å². The fourth-order valence-corrected chi connectivity index (χ4v) is 4.99. The highest BCUT2D eigenvalue weighted by molar-refractivity contribution is 5.93. The predicted octanol–water partition coefficient (Wildman–Crippen LogP) is 3.76. The molecule has 0 unspecified atom stereocenters. The maximum Gasteiger partial charge on any atom is 0.410 e. The first-order valence-corrected chi connectivity index (χ1v) is 11.8. The second kappa shape index (κ2) is 7.42. The molecule has 3 aliphatic rings. The van der Waals surface area contributed by atoms with Crippen LogP contribution in [0.1, 0.15) is 57.1 Å². The van der Waals surface area contributed by atoms with E-state index in [4.69, 9.17) is 9.72 Å². The van der Waals surface area contributed by atoms with Crippen molar-refractivity contribution < 1.29 is 9.53 Å². The monoisotopic (exact) mass is 457 g/mol. The smallest absolute Gasteiger partial charge is 0.410 e. The lowest BCUT2D eigenvalue weighted by Gasteiger charge is -2.36. The summed E-state index contributed by atoms with van der Waals surface area (Å²) in [4.78, 5) is 30.8. The van der Waals surface area contributed by atoms with Gasteiger partial charge in [0.1, 0.15) is 23.6 Å². The van der Waals surface area contributed by atoms with Crippen LogP contribution in [0.15, 0.2) is 30.9 Å². The van der Waals surface area contributed by atoms with Crippen LogP contribution in [-0.2, 0) is 4.74 Å². The zero-order valence-corrected chi connectivity index (χ0v) is 19.6. The third-order valence-electron chi connectivity index (χ3n) is 6.74. The molecule has 2 saturated carbocycles. The number of anilines is 1. The molecular weight excluding hydrogens is 430 g/mol. The van der Waals surface area contributed by atoms with E-state index in [1.165, 1.54) is 5.56 Å². The van der Waals surface area contributed by atoms with Crippen molar-refractivity contribution in [2.75, 3.05) is 18.0 Å². The number of rotatable bonds is 3. The van der Waals surface area contributed by atoms with Crippen molar-refractivity contribution in [3.63, 3.8) is 0 Å². The van der Waals surface area contributed by atoms with Gasteiger partial charge >= 0.3 is 6.09 Å². The fourth-order valence-electron chi connectivity index (χ4n) is 4.99. The number of nitrogens with zero attached hydrogens (tertiary/aromatic N) is 7. The summed E-state index contributed by atoms with van der Waals surface area (Å²) in [5.74, 6) is 2.10. The van der Waals surface area contributed by atoms with Crippen LogP contribution in [0.5, 0.6) is 0 Å². The Morgan fingerprint density at radius 2 is 2.00 bits per heavy atom. The Morgan fingerprint density at radius 1 is 1.18 bits per heavy atom. The molecule has 4 heterocycles. The van der Waals surface area contributed by atoms with Crippen LogP contribution in [0.25, 0.3) is 16.9 Å². The van der Waals surface area contributed by atoms with E-state index >= 15 is 0 Å². The molecule has 3 fully saturated rings. The Hall–Kier alpha value is -3.67. The van der Waals surface area contributed by atoms with Gasteiger partial charge in [-0.15, -0.1) is 0 Å². The zero-order chi connectivity index (χ0) is 23.6. The highest BCUT2D eigenvalue weighted by Gasteiger charge is 2.52. The number of piperazine rings is 1. The number of carbonyl (C=O) groups excluding carboxylic acids is 1. The average molecular weight is 458 g/mol. The van der Waals surface area contributed by atoms with Gasteiger partial charge in [0.15, 0.2) is 5.65 Å². The van der Waals surface area contributed by atoms with Crippen LogP contribution in [0.3, 0.4) is 0 Å². The third kappa shape index (κ3) is 3.54. The van der Waals surface area contributed by atoms with E-state index < -0.39 is 5.60 Å². The maximum atomic E-state index is 12.7. The molecule has 2 atom stereocenters. The minimum absolute atomic E-state index is 0.147. The number of fused-ring (bicyclic) bond motifs is 2. The Labute approximate surface area is 198 Å². The molecule has 0 radical (unpaired) electrons. The average Bonchev–Trinajstić information content (AvgIpc) is 3.74. The molecule has 0 aromatic carbocycles. The van der Waals surface area contributed by atoms with Crippen molar-refractivity contribution in [2.45, 2.75) is 63.6 Å². The highest BCUT2D eigenvalue weighted by atomic mass is 16.6. The molecule has 0 spiro atoms. The van der Waals surface area contributed by atoms with Gasteiger partial charge in [-0.1, -0.05) is 0 Å². The SMILES string of the molecule is CC(C)(C)OC(=O)N1CCN(c2ncnc3c2c(C2CC2)cn3-c2cc(C#N)ccn2)[C@H]2C[C@H]21. The molecule has 9 heteroatoms. The van der Waals surface area contributed by atoms with Crippen molar-refractivity contribution in [3.8, 4) is 11.9 Å². The van der Waals surface area contributed by atoms with Crippen LogP contribution in [0.4, 0.5) is 10.6 Å². The Balaban J connectivity index is 1.37. The number of amides is 1. The van der Waals surface area contributed by atoms with Crippen LogP contribution in [0.2, 0.25) is 0 Å². The summed E-state index contributed by atoms with van der Waals surface area (Å²) in [7, 11) is 0. The summed E-state index contributed by atoms with van der Waals surface area (Å²) in [5, 5.41) is 10.4. The van der Waals surface area contributed by atoms with E-state index in [2.05, 4.69) is 27.1 Å². The summed E-state index contributed by atoms with van der Waals surface area (Å²) < 4.78 is 7.61. The topological polar surface area (TPSA) is 100 Å². The third-order valence-corrected chi connectivity index (χ3v) is 6.74. The van der Waals surface area contributed by atoms with E-state index in [9.17, 15) is 10.1 Å². The lowest BCUT2D eigenvalue weighted by Crippen LogP contribution is -2.50. The van der Waals surface area contributed by atoms with Crippen LogP contribution < -0.4 is 4.90 Å².